The van der Waals surface area contributed by atoms with Crippen LogP contribution in [0, 0.1) is 5.82 Å². The highest BCUT2D eigenvalue weighted by atomic mass is 35.5. The molecule has 2 unspecified atom stereocenters. The number of halogens is 2. The Bertz CT molecular complexity index is 516. The highest BCUT2D eigenvalue weighted by Crippen LogP contribution is 2.31. The van der Waals surface area contributed by atoms with Gasteiger partial charge in [0.25, 0.3) is 0 Å². The summed E-state index contributed by atoms with van der Waals surface area (Å²) in [4.78, 5) is 24.0. The minimum Gasteiger partial charge on any atom is -0.479 e. The lowest BCUT2D eigenvalue weighted by molar-refractivity contribution is -0.171. The molecule has 0 aliphatic carbocycles. The predicted octanol–water partition coefficient (Wildman–Crippen LogP) is 1.46. The van der Waals surface area contributed by atoms with E-state index in [9.17, 15) is 14.0 Å². The van der Waals surface area contributed by atoms with E-state index in [1.54, 1.807) is 0 Å². The molecule has 7 heteroatoms. The first kappa shape index (κ1) is 13.8. The molecule has 1 aromatic carbocycles. The topological polar surface area (TPSA) is 66.8 Å². The van der Waals surface area contributed by atoms with E-state index in [4.69, 9.17) is 21.4 Å². The van der Waals surface area contributed by atoms with E-state index >= 15 is 0 Å². The summed E-state index contributed by atoms with van der Waals surface area (Å²) in [6, 6.07) is 2.76. The average molecular weight is 288 g/mol. The van der Waals surface area contributed by atoms with E-state index in [1.165, 1.54) is 18.0 Å². The van der Waals surface area contributed by atoms with Gasteiger partial charge >= 0.3 is 5.97 Å². The van der Waals surface area contributed by atoms with Crippen molar-refractivity contribution in [1.82, 2.24) is 4.90 Å². The molecule has 1 aliphatic heterocycles. The Balaban J connectivity index is 2.46. The summed E-state index contributed by atoms with van der Waals surface area (Å²) >= 11 is 5.75. The van der Waals surface area contributed by atoms with Gasteiger partial charge in [0.15, 0.2) is 6.10 Å². The standard InChI is InChI=1S/C12H11ClFNO4/c1-15-9(16)5-19-11(12(17)18)10(15)6-2-7(13)4-8(14)3-6/h2-4,10-11H,5H2,1H3,(H,17,18). The molecule has 1 fully saturated rings. The van der Waals surface area contributed by atoms with Gasteiger partial charge in [0.2, 0.25) is 5.91 Å². The maximum Gasteiger partial charge on any atom is 0.335 e. The molecule has 0 spiro atoms. The van der Waals surface area contributed by atoms with E-state index in [-0.39, 0.29) is 23.1 Å². The minimum atomic E-state index is -1.25. The summed E-state index contributed by atoms with van der Waals surface area (Å²) in [6.07, 6.45) is -1.25. The second-order valence-electron chi connectivity index (χ2n) is 4.22. The van der Waals surface area contributed by atoms with Crippen molar-refractivity contribution in [3.05, 3.63) is 34.6 Å². The SMILES string of the molecule is CN1C(=O)COC(C(=O)O)C1c1cc(F)cc(Cl)c1. The molecular weight excluding hydrogens is 277 g/mol. The Kier molecular flexibility index (Phi) is 3.73. The Labute approximate surface area is 113 Å². The molecule has 1 N–H and O–H groups in total. The van der Waals surface area contributed by atoms with E-state index in [1.807, 2.05) is 0 Å². The molecule has 2 rings (SSSR count). The summed E-state index contributed by atoms with van der Waals surface area (Å²) in [5, 5.41) is 9.25. The molecule has 1 heterocycles. The van der Waals surface area contributed by atoms with Gasteiger partial charge in [-0.1, -0.05) is 11.6 Å². The first-order chi connectivity index (χ1) is 8.90. The van der Waals surface area contributed by atoms with E-state index in [0.717, 1.165) is 12.1 Å². The second kappa shape index (κ2) is 5.14. The van der Waals surface area contributed by atoms with Crippen molar-refractivity contribution in [2.24, 2.45) is 0 Å². The average Bonchev–Trinajstić information content (AvgIpc) is 2.30. The number of morpholine rings is 1. The fraction of sp³-hybridized carbons (Fsp3) is 0.333. The van der Waals surface area contributed by atoms with Crippen LogP contribution < -0.4 is 0 Å². The van der Waals surface area contributed by atoms with Gasteiger partial charge in [-0.25, -0.2) is 9.18 Å². The number of nitrogens with zero attached hydrogens (tertiary/aromatic N) is 1. The molecule has 0 aromatic heterocycles. The second-order valence-corrected chi connectivity index (χ2v) is 4.66. The molecule has 5 nitrogen and oxygen atoms in total. The lowest BCUT2D eigenvalue weighted by atomic mass is 9.98. The molecule has 19 heavy (non-hydrogen) atoms. The zero-order chi connectivity index (χ0) is 14.2. The van der Waals surface area contributed by atoms with E-state index < -0.39 is 23.9 Å². The van der Waals surface area contributed by atoms with Gasteiger partial charge in [0, 0.05) is 12.1 Å². The summed E-state index contributed by atoms with van der Waals surface area (Å²) < 4.78 is 18.4. The molecule has 2 atom stereocenters. The first-order valence-electron chi connectivity index (χ1n) is 5.46. The number of ether oxygens (including phenoxy) is 1. The number of carbonyl (C=O) groups is 2. The number of rotatable bonds is 2. The zero-order valence-corrected chi connectivity index (χ0v) is 10.7. The van der Waals surface area contributed by atoms with Crippen LogP contribution in [-0.4, -0.2) is 41.6 Å². The maximum atomic E-state index is 13.4. The van der Waals surface area contributed by atoms with Crippen LogP contribution in [0.25, 0.3) is 0 Å². The van der Waals surface area contributed by atoms with Crippen LogP contribution in [0.3, 0.4) is 0 Å². The zero-order valence-electron chi connectivity index (χ0n) is 9.97. The first-order valence-corrected chi connectivity index (χ1v) is 5.84. The van der Waals surface area contributed by atoms with Crippen molar-refractivity contribution in [2.45, 2.75) is 12.1 Å². The van der Waals surface area contributed by atoms with Gasteiger partial charge < -0.3 is 14.7 Å². The third kappa shape index (κ3) is 2.69. The Morgan fingerprint density at radius 2 is 2.21 bits per heavy atom. The number of hydrogen-bond donors (Lipinski definition) is 1. The molecule has 0 radical (unpaired) electrons. The number of hydrogen-bond acceptors (Lipinski definition) is 3. The smallest absolute Gasteiger partial charge is 0.335 e. The van der Waals surface area contributed by atoms with Crippen LogP contribution in [0.15, 0.2) is 18.2 Å². The van der Waals surface area contributed by atoms with Crippen molar-refractivity contribution >= 4 is 23.5 Å². The molecule has 1 amide bonds. The highest BCUT2D eigenvalue weighted by Gasteiger charge is 2.40. The van der Waals surface area contributed by atoms with Crippen molar-refractivity contribution < 1.29 is 23.8 Å². The Morgan fingerprint density at radius 3 is 2.79 bits per heavy atom. The molecule has 1 aromatic rings. The molecular formula is C12H11ClFNO4. The number of carboxylic acids is 1. The van der Waals surface area contributed by atoms with Crippen molar-refractivity contribution in [1.29, 1.82) is 0 Å². The van der Waals surface area contributed by atoms with Gasteiger partial charge in [-0.05, 0) is 23.8 Å². The van der Waals surface area contributed by atoms with Crippen LogP contribution >= 0.6 is 11.6 Å². The Hall–Kier alpha value is -1.66. The fourth-order valence-electron chi connectivity index (χ4n) is 2.06. The molecule has 102 valence electrons. The number of benzene rings is 1. The summed E-state index contributed by atoms with van der Waals surface area (Å²) in [7, 11) is 1.45. The Morgan fingerprint density at radius 1 is 1.53 bits per heavy atom. The lowest BCUT2D eigenvalue weighted by Gasteiger charge is -2.37. The molecule has 1 saturated heterocycles. The van der Waals surface area contributed by atoms with Gasteiger partial charge in [-0.2, -0.15) is 0 Å². The van der Waals surface area contributed by atoms with Gasteiger partial charge in [-0.3, -0.25) is 4.79 Å². The van der Waals surface area contributed by atoms with Crippen LogP contribution in [0.4, 0.5) is 4.39 Å². The number of carbonyl (C=O) groups excluding carboxylic acids is 1. The van der Waals surface area contributed by atoms with Crippen LogP contribution in [0.2, 0.25) is 5.02 Å². The number of aliphatic carboxylic acids is 1. The minimum absolute atomic E-state index is 0.130. The quantitative estimate of drug-likeness (QED) is 0.894. The molecule has 0 bridgehead atoms. The van der Waals surface area contributed by atoms with Gasteiger partial charge in [-0.15, -0.1) is 0 Å². The third-order valence-corrected chi connectivity index (χ3v) is 3.17. The van der Waals surface area contributed by atoms with Crippen LogP contribution in [0.1, 0.15) is 11.6 Å². The summed E-state index contributed by atoms with van der Waals surface area (Å²) in [5.74, 6) is -2.19. The maximum absolute atomic E-state index is 13.4. The monoisotopic (exact) mass is 287 g/mol. The normalized spacial score (nSPS) is 23.5. The number of carboxylic acid groups (broad SMARTS) is 1. The predicted molar refractivity (Wildman–Crippen MR) is 64.3 cm³/mol. The number of likely N-dealkylation sites (N-methyl/N-ethyl adjacent to an activating group) is 1. The van der Waals surface area contributed by atoms with E-state index in [2.05, 4.69) is 0 Å². The lowest BCUT2D eigenvalue weighted by Crippen LogP contribution is -2.50. The van der Waals surface area contributed by atoms with E-state index in [0.29, 0.717) is 0 Å². The highest BCUT2D eigenvalue weighted by molar-refractivity contribution is 6.30. The van der Waals surface area contributed by atoms with Crippen molar-refractivity contribution in [2.75, 3.05) is 13.7 Å². The van der Waals surface area contributed by atoms with Gasteiger partial charge in [0.05, 0.1) is 6.04 Å². The number of amides is 1. The van der Waals surface area contributed by atoms with Crippen LogP contribution in [-0.2, 0) is 14.3 Å². The summed E-state index contributed by atoms with van der Waals surface area (Å²) in [6.45, 7) is -0.312. The fourth-order valence-corrected chi connectivity index (χ4v) is 2.29. The van der Waals surface area contributed by atoms with Gasteiger partial charge in [0.1, 0.15) is 12.4 Å². The van der Waals surface area contributed by atoms with Crippen molar-refractivity contribution in [3.63, 3.8) is 0 Å². The van der Waals surface area contributed by atoms with Crippen LogP contribution in [0.5, 0.6) is 0 Å². The molecule has 0 saturated carbocycles. The summed E-state index contributed by atoms with van der Waals surface area (Å²) in [5.41, 5.74) is 0.285. The third-order valence-electron chi connectivity index (χ3n) is 2.95. The largest absolute Gasteiger partial charge is 0.479 e. The molecule has 1 aliphatic rings. The van der Waals surface area contributed by atoms with Crippen molar-refractivity contribution in [3.8, 4) is 0 Å².